The summed E-state index contributed by atoms with van der Waals surface area (Å²) in [6.45, 7) is 8.00. The number of hydrogen-bond acceptors (Lipinski definition) is 5. The molecule has 1 aliphatic carbocycles. The molecule has 0 saturated heterocycles. The van der Waals surface area contributed by atoms with Crippen LogP contribution in [0.1, 0.15) is 31.8 Å². The van der Waals surface area contributed by atoms with Gasteiger partial charge in [0.05, 0.1) is 5.57 Å². The molecule has 4 rings (SSSR count). The van der Waals surface area contributed by atoms with E-state index in [1.165, 1.54) is 4.90 Å². The fourth-order valence-corrected chi connectivity index (χ4v) is 3.79. The van der Waals surface area contributed by atoms with Gasteiger partial charge in [0.25, 0.3) is 0 Å². The molecule has 0 aromatic heterocycles. The van der Waals surface area contributed by atoms with Crippen LogP contribution in [0.25, 0.3) is 0 Å². The first-order valence-electron chi connectivity index (χ1n) is 10.6. The summed E-state index contributed by atoms with van der Waals surface area (Å²) in [5.74, 6) is -1.13. The van der Waals surface area contributed by atoms with E-state index in [4.69, 9.17) is 5.41 Å². The largest absolute Gasteiger partial charge is 0.342 e. The van der Waals surface area contributed by atoms with Gasteiger partial charge >= 0.3 is 0 Å². The van der Waals surface area contributed by atoms with Crippen LogP contribution in [0.2, 0.25) is 0 Å². The Morgan fingerprint density at radius 1 is 0.882 bits per heavy atom. The maximum atomic E-state index is 13.0. The third-order valence-corrected chi connectivity index (χ3v) is 5.59. The number of nitrogens with zero attached hydrogens (tertiary/aromatic N) is 2. The Morgan fingerprint density at radius 3 is 1.88 bits per heavy atom. The number of carbonyl (C=O) groups excluding carboxylic acids is 2. The number of amidine groups is 1. The standard InChI is InChI=1S/C28H22N4O2/c1-17-8-12-20(13-9-17)31-19(3)32(21-14-10-18(2)11-15-21)28(30)24(16-29)25-26(33)22-6-4-5-7-23(22)27(25)34/h4-15,30-31H,3H2,1-2H3. The predicted octanol–water partition coefficient (Wildman–Crippen LogP) is 5.57. The van der Waals surface area contributed by atoms with Crippen LogP contribution in [0.4, 0.5) is 11.4 Å². The molecule has 0 bridgehead atoms. The summed E-state index contributed by atoms with van der Waals surface area (Å²) in [6, 6.07) is 23.3. The molecule has 0 spiro atoms. The van der Waals surface area contributed by atoms with Crippen molar-refractivity contribution in [2.75, 3.05) is 10.2 Å². The quantitative estimate of drug-likeness (QED) is 0.176. The average Bonchev–Trinajstić information content (AvgIpc) is 3.08. The summed E-state index contributed by atoms with van der Waals surface area (Å²) in [4.78, 5) is 27.5. The van der Waals surface area contributed by atoms with E-state index in [0.29, 0.717) is 11.5 Å². The molecule has 6 heteroatoms. The van der Waals surface area contributed by atoms with Crippen LogP contribution in [-0.2, 0) is 0 Å². The van der Waals surface area contributed by atoms with Crippen LogP contribution in [0.3, 0.4) is 0 Å². The van der Waals surface area contributed by atoms with Crippen molar-refractivity contribution >= 4 is 28.8 Å². The number of hydrogen-bond donors (Lipinski definition) is 2. The number of rotatable bonds is 5. The molecule has 0 radical (unpaired) electrons. The Labute approximate surface area is 198 Å². The van der Waals surface area contributed by atoms with Gasteiger partial charge in [-0.1, -0.05) is 66.2 Å². The van der Waals surface area contributed by atoms with Crippen molar-refractivity contribution in [2.24, 2.45) is 0 Å². The zero-order valence-corrected chi connectivity index (χ0v) is 18.8. The molecule has 0 saturated carbocycles. The van der Waals surface area contributed by atoms with Crippen LogP contribution in [0.15, 0.2) is 96.3 Å². The van der Waals surface area contributed by atoms with Gasteiger partial charge in [-0.15, -0.1) is 0 Å². The lowest BCUT2D eigenvalue weighted by molar-refractivity contribution is 0.0988. The van der Waals surface area contributed by atoms with E-state index in [1.807, 2.05) is 56.3 Å². The maximum absolute atomic E-state index is 13.0. The minimum atomic E-state index is -0.553. The third kappa shape index (κ3) is 4.03. The first-order chi connectivity index (χ1) is 16.3. The topological polar surface area (TPSA) is 97.1 Å². The van der Waals surface area contributed by atoms with E-state index in [-0.39, 0.29) is 28.1 Å². The summed E-state index contributed by atoms with van der Waals surface area (Å²) in [5.41, 5.74) is 3.28. The Bertz CT molecular complexity index is 1370. The molecular weight excluding hydrogens is 424 g/mol. The Hall–Kier alpha value is -4.76. The smallest absolute Gasteiger partial charge is 0.199 e. The lowest BCUT2D eigenvalue weighted by Gasteiger charge is -2.28. The van der Waals surface area contributed by atoms with Crippen molar-refractivity contribution in [3.8, 4) is 6.07 Å². The van der Waals surface area contributed by atoms with Crippen LogP contribution < -0.4 is 10.2 Å². The Balaban J connectivity index is 1.79. The number of carbonyl (C=O) groups is 2. The van der Waals surface area contributed by atoms with Crippen molar-refractivity contribution in [2.45, 2.75) is 13.8 Å². The first kappa shape index (κ1) is 22.4. The minimum Gasteiger partial charge on any atom is -0.342 e. The molecule has 6 nitrogen and oxygen atoms in total. The zero-order chi connectivity index (χ0) is 24.4. The SMILES string of the molecule is C=C(Nc1ccc(C)cc1)N(C(=N)C(C#N)=C1C(=O)c2ccccc2C1=O)c1ccc(C)cc1. The average molecular weight is 447 g/mol. The number of ketones is 2. The number of anilines is 2. The minimum absolute atomic E-state index is 0.238. The van der Waals surface area contributed by atoms with E-state index < -0.39 is 11.6 Å². The van der Waals surface area contributed by atoms with Gasteiger partial charge in [-0.25, -0.2) is 0 Å². The number of Topliss-reactive ketones (excluding diaryl/α,β-unsaturated/α-hetero) is 2. The van der Waals surface area contributed by atoms with Gasteiger partial charge in [0.1, 0.15) is 23.3 Å². The molecule has 0 atom stereocenters. The number of aryl methyl sites for hydroxylation is 2. The van der Waals surface area contributed by atoms with Gasteiger partial charge in [0.2, 0.25) is 0 Å². The summed E-state index contributed by atoms with van der Waals surface area (Å²) in [5, 5.41) is 22.1. The monoisotopic (exact) mass is 446 g/mol. The number of benzene rings is 3. The summed E-state index contributed by atoms with van der Waals surface area (Å²) in [6.07, 6.45) is 0. The summed E-state index contributed by atoms with van der Waals surface area (Å²) >= 11 is 0. The van der Waals surface area contributed by atoms with Gasteiger partial charge in [-0.3, -0.25) is 19.9 Å². The summed E-state index contributed by atoms with van der Waals surface area (Å²) < 4.78 is 0. The highest BCUT2D eigenvalue weighted by Crippen LogP contribution is 2.31. The molecule has 34 heavy (non-hydrogen) atoms. The van der Waals surface area contributed by atoms with Crippen molar-refractivity contribution in [1.82, 2.24) is 0 Å². The van der Waals surface area contributed by atoms with Gasteiger partial charge in [0.15, 0.2) is 11.6 Å². The highest BCUT2D eigenvalue weighted by molar-refractivity contribution is 6.42. The van der Waals surface area contributed by atoms with Crippen LogP contribution in [0.5, 0.6) is 0 Å². The highest BCUT2D eigenvalue weighted by Gasteiger charge is 2.37. The molecule has 0 amide bonds. The molecule has 0 fully saturated rings. The molecule has 3 aromatic carbocycles. The molecular formula is C28H22N4O2. The third-order valence-electron chi connectivity index (χ3n) is 5.59. The van der Waals surface area contributed by atoms with Gasteiger partial charge < -0.3 is 5.32 Å². The van der Waals surface area contributed by atoms with Gasteiger partial charge in [-0.05, 0) is 38.1 Å². The van der Waals surface area contributed by atoms with Crippen molar-refractivity contribution in [1.29, 1.82) is 10.7 Å². The van der Waals surface area contributed by atoms with E-state index >= 15 is 0 Å². The summed E-state index contributed by atoms with van der Waals surface area (Å²) in [7, 11) is 0. The molecule has 1 aliphatic rings. The zero-order valence-electron chi connectivity index (χ0n) is 18.8. The maximum Gasteiger partial charge on any atom is 0.199 e. The second-order valence-corrected chi connectivity index (χ2v) is 8.02. The molecule has 166 valence electrons. The lowest BCUT2D eigenvalue weighted by Crippen LogP contribution is -2.34. The van der Waals surface area contributed by atoms with Crippen molar-refractivity contribution in [3.63, 3.8) is 0 Å². The van der Waals surface area contributed by atoms with Crippen molar-refractivity contribution < 1.29 is 9.59 Å². The number of allylic oxidation sites excluding steroid dienone is 1. The second-order valence-electron chi connectivity index (χ2n) is 8.02. The van der Waals surface area contributed by atoms with Crippen LogP contribution in [0, 0.1) is 30.6 Å². The fraction of sp³-hybridized carbons (Fsp3) is 0.0714. The normalized spacial score (nSPS) is 12.1. The molecule has 0 unspecified atom stereocenters. The van der Waals surface area contributed by atoms with Gasteiger partial charge in [-0.2, -0.15) is 5.26 Å². The molecule has 0 aliphatic heterocycles. The van der Waals surface area contributed by atoms with Crippen LogP contribution >= 0.6 is 0 Å². The number of fused-ring (bicyclic) bond motifs is 1. The van der Waals surface area contributed by atoms with Crippen molar-refractivity contribution in [3.05, 3.63) is 119 Å². The predicted molar refractivity (Wildman–Crippen MR) is 133 cm³/mol. The van der Waals surface area contributed by atoms with E-state index in [0.717, 1.165) is 16.8 Å². The Kier molecular flexibility index (Phi) is 5.94. The Morgan fingerprint density at radius 2 is 1.38 bits per heavy atom. The molecule has 3 aromatic rings. The first-order valence-corrected chi connectivity index (χ1v) is 10.6. The van der Waals surface area contributed by atoms with E-state index in [9.17, 15) is 14.9 Å². The molecule has 2 N–H and O–H groups in total. The van der Waals surface area contributed by atoms with Crippen LogP contribution in [-0.4, -0.2) is 17.4 Å². The lowest BCUT2D eigenvalue weighted by atomic mass is 10.0. The molecule has 0 heterocycles. The number of nitrogens with one attached hydrogen (secondary N) is 2. The second kappa shape index (κ2) is 9.00. The van der Waals surface area contributed by atoms with E-state index in [1.54, 1.807) is 36.4 Å². The highest BCUT2D eigenvalue weighted by atomic mass is 16.2. The van der Waals surface area contributed by atoms with E-state index in [2.05, 4.69) is 11.9 Å². The van der Waals surface area contributed by atoms with Gasteiger partial charge in [0, 0.05) is 22.5 Å². The number of nitriles is 1. The fourth-order valence-electron chi connectivity index (χ4n) is 3.79.